The quantitative estimate of drug-likeness (QED) is 0.666. The summed E-state index contributed by atoms with van der Waals surface area (Å²) in [5.41, 5.74) is 2.34. The van der Waals surface area contributed by atoms with Gasteiger partial charge in [0.25, 0.3) is 5.91 Å². The summed E-state index contributed by atoms with van der Waals surface area (Å²) in [6.07, 6.45) is 1.49. The molecule has 0 bridgehead atoms. The molecule has 1 aromatic heterocycles. The van der Waals surface area contributed by atoms with Crippen LogP contribution in [0.25, 0.3) is 11.3 Å². The molecule has 2 heterocycles. The zero-order chi connectivity index (χ0) is 19.5. The normalized spacial score (nSPS) is 14.2. The highest BCUT2D eigenvalue weighted by molar-refractivity contribution is 6.30. The van der Waals surface area contributed by atoms with Crippen molar-refractivity contribution in [3.8, 4) is 17.1 Å². The highest BCUT2D eigenvalue weighted by Gasteiger charge is 2.26. The van der Waals surface area contributed by atoms with Crippen LogP contribution in [0.5, 0.6) is 5.75 Å². The van der Waals surface area contributed by atoms with E-state index < -0.39 is 0 Å². The highest BCUT2D eigenvalue weighted by Crippen LogP contribution is 2.27. The smallest absolute Gasteiger partial charge is 0.259 e. The van der Waals surface area contributed by atoms with E-state index in [1.807, 2.05) is 53.4 Å². The number of piperazine rings is 1. The number of benzene rings is 2. The Morgan fingerprint density at radius 1 is 1.11 bits per heavy atom. The van der Waals surface area contributed by atoms with Gasteiger partial charge in [0.2, 0.25) is 0 Å². The van der Waals surface area contributed by atoms with Gasteiger partial charge in [0.05, 0.1) is 13.3 Å². The van der Waals surface area contributed by atoms with Crippen LogP contribution in [-0.2, 0) is 0 Å². The standard InChI is InChI=1S/C21H20ClN3O3/c1-27-18-7-5-15(6-8-18)20-19(14-23-28-20)21(26)25-11-9-24(10-12-25)17-4-2-3-16(22)13-17/h2-8,13-14H,9-12H2,1H3. The number of amides is 1. The van der Waals surface area contributed by atoms with Crippen molar-refractivity contribution in [2.45, 2.75) is 0 Å². The summed E-state index contributed by atoms with van der Waals surface area (Å²) in [6, 6.07) is 15.1. The molecular formula is C21H20ClN3O3. The highest BCUT2D eigenvalue weighted by atomic mass is 35.5. The van der Waals surface area contributed by atoms with Gasteiger partial charge in [-0.1, -0.05) is 22.8 Å². The molecule has 0 aliphatic carbocycles. The summed E-state index contributed by atoms with van der Waals surface area (Å²) in [4.78, 5) is 17.1. The van der Waals surface area contributed by atoms with Crippen LogP contribution in [0.15, 0.2) is 59.3 Å². The van der Waals surface area contributed by atoms with Crippen molar-refractivity contribution in [3.05, 3.63) is 65.3 Å². The largest absolute Gasteiger partial charge is 0.497 e. The minimum atomic E-state index is -0.0715. The first-order valence-corrected chi connectivity index (χ1v) is 9.42. The summed E-state index contributed by atoms with van der Waals surface area (Å²) in [5.74, 6) is 1.15. The molecule has 1 fully saturated rings. The molecule has 1 aliphatic heterocycles. The van der Waals surface area contributed by atoms with E-state index in [-0.39, 0.29) is 5.91 Å². The average Bonchev–Trinajstić information content (AvgIpc) is 3.23. The first kappa shape index (κ1) is 18.4. The molecule has 1 aliphatic rings. The van der Waals surface area contributed by atoms with Gasteiger partial charge >= 0.3 is 0 Å². The van der Waals surface area contributed by atoms with E-state index in [0.29, 0.717) is 29.4 Å². The molecule has 2 aromatic carbocycles. The predicted octanol–water partition coefficient (Wildman–Crippen LogP) is 3.97. The Bertz CT molecular complexity index is 963. The minimum Gasteiger partial charge on any atom is -0.497 e. The van der Waals surface area contributed by atoms with Crippen molar-refractivity contribution in [1.82, 2.24) is 10.1 Å². The van der Waals surface area contributed by atoms with Crippen LogP contribution in [0.4, 0.5) is 5.69 Å². The van der Waals surface area contributed by atoms with Crippen molar-refractivity contribution < 1.29 is 14.1 Å². The van der Waals surface area contributed by atoms with Gasteiger partial charge in [0.15, 0.2) is 5.76 Å². The SMILES string of the molecule is COc1ccc(-c2oncc2C(=O)N2CCN(c3cccc(Cl)c3)CC2)cc1. The topological polar surface area (TPSA) is 58.8 Å². The fourth-order valence-electron chi connectivity index (χ4n) is 3.35. The molecule has 7 heteroatoms. The van der Waals surface area contributed by atoms with Gasteiger partial charge in [0, 0.05) is 42.5 Å². The molecule has 0 radical (unpaired) electrons. The van der Waals surface area contributed by atoms with Gasteiger partial charge < -0.3 is 19.1 Å². The lowest BCUT2D eigenvalue weighted by atomic mass is 10.1. The van der Waals surface area contributed by atoms with E-state index in [1.54, 1.807) is 7.11 Å². The second-order valence-corrected chi connectivity index (χ2v) is 6.99. The van der Waals surface area contributed by atoms with E-state index >= 15 is 0 Å². The fraction of sp³-hybridized carbons (Fsp3) is 0.238. The zero-order valence-electron chi connectivity index (χ0n) is 15.5. The van der Waals surface area contributed by atoms with Gasteiger partial charge in [-0.15, -0.1) is 0 Å². The molecule has 1 amide bonds. The van der Waals surface area contributed by atoms with Crippen LogP contribution < -0.4 is 9.64 Å². The lowest BCUT2D eigenvalue weighted by Gasteiger charge is -2.36. The van der Waals surface area contributed by atoms with Crippen molar-refractivity contribution in [3.63, 3.8) is 0 Å². The summed E-state index contributed by atoms with van der Waals surface area (Å²) in [5, 5.41) is 4.56. The number of hydrogen-bond acceptors (Lipinski definition) is 5. The number of rotatable bonds is 4. The van der Waals surface area contributed by atoms with Crippen molar-refractivity contribution in [2.75, 3.05) is 38.2 Å². The van der Waals surface area contributed by atoms with Crippen LogP contribution in [0.1, 0.15) is 10.4 Å². The molecule has 3 aromatic rings. The minimum absolute atomic E-state index is 0.0715. The maximum absolute atomic E-state index is 13.0. The second-order valence-electron chi connectivity index (χ2n) is 6.56. The number of nitrogens with zero attached hydrogens (tertiary/aromatic N) is 3. The second kappa shape index (κ2) is 7.94. The van der Waals surface area contributed by atoms with Crippen molar-refractivity contribution in [1.29, 1.82) is 0 Å². The van der Waals surface area contributed by atoms with Crippen molar-refractivity contribution >= 4 is 23.2 Å². The third-order valence-corrected chi connectivity index (χ3v) is 5.13. The van der Waals surface area contributed by atoms with Gasteiger partial charge in [0.1, 0.15) is 11.3 Å². The molecule has 0 N–H and O–H groups in total. The maximum atomic E-state index is 13.0. The Kier molecular flexibility index (Phi) is 5.21. The van der Waals surface area contributed by atoms with Crippen LogP contribution >= 0.6 is 11.6 Å². The summed E-state index contributed by atoms with van der Waals surface area (Å²) in [6.45, 7) is 2.74. The molecule has 6 nitrogen and oxygen atoms in total. The van der Waals surface area contributed by atoms with E-state index in [9.17, 15) is 4.79 Å². The zero-order valence-corrected chi connectivity index (χ0v) is 16.2. The van der Waals surface area contributed by atoms with E-state index in [2.05, 4.69) is 10.1 Å². The third kappa shape index (κ3) is 3.68. The Morgan fingerprint density at radius 3 is 2.54 bits per heavy atom. The summed E-state index contributed by atoms with van der Waals surface area (Å²) in [7, 11) is 1.61. The van der Waals surface area contributed by atoms with Crippen molar-refractivity contribution in [2.24, 2.45) is 0 Å². The van der Waals surface area contributed by atoms with E-state index in [0.717, 1.165) is 30.1 Å². The van der Waals surface area contributed by atoms with Gasteiger partial charge in [-0.05, 0) is 42.5 Å². The van der Waals surface area contributed by atoms with Gasteiger partial charge in [-0.2, -0.15) is 0 Å². The predicted molar refractivity (Wildman–Crippen MR) is 108 cm³/mol. The van der Waals surface area contributed by atoms with Gasteiger partial charge in [-0.3, -0.25) is 4.79 Å². The number of methoxy groups -OCH3 is 1. The Hall–Kier alpha value is -2.99. The number of carbonyl (C=O) groups excluding carboxylic acids is 1. The number of halogens is 1. The van der Waals surface area contributed by atoms with E-state index in [1.165, 1.54) is 6.20 Å². The lowest BCUT2D eigenvalue weighted by Crippen LogP contribution is -2.48. The molecule has 0 spiro atoms. The number of ether oxygens (including phenoxy) is 1. The summed E-state index contributed by atoms with van der Waals surface area (Å²) >= 11 is 6.09. The van der Waals surface area contributed by atoms with Crippen LogP contribution in [-0.4, -0.2) is 49.3 Å². The third-order valence-electron chi connectivity index (χ3n) is 4.89. The monoisotopic (exact) mass is 397 g/mol. The number of hydrogen-bond donors (Lipinski definition) is 0. The average molecular weight is 398 g/mol. The fourth-order valence-corrected chi connectivity index (χ4v) is 3.54. The molecule has 0 atom stereocenters. The molecule has 4 rings (SSSR count). The number of carbonyl (C=O) groups is 1. The number of anilines is 1. The first-order chi connectivity index (χ1) is 13.7. The molecule has 0 unspecified atom stereocenters. The van der Waals surface area contributed by atoms with Crippen LogP contribution in [0.3, 0.4) is 0 Å². The molecule has 144 valence electrons. The molecular weight excluding hydrogens is 378 g/mol. The summed E-state index contributed by atoms with van der Waals surface area (Å²) < 4.78 is 10.6. The molecule has 1 saturated heterocycles. The molecule has 0 saturated carbocycles. The maximum Gasteiger partial charge on any atom is 0.259 e. The van der Waals surface area contributed by atoms with E-state index in [4.69, 9.17) is 20.9 Å². The molecule has 28 heavy (non-hydrogen) atoms. The Balaban J connectivity index is 1.47. The van der Waals surface area contributed by atoms with Crippen LogP contribution in [0.2, 0.25) is 5.02 Å². The Morgan fingerprint density at radius 2 is 1.86 bits per heavy atom. The van der Waals surface area contributed by atoms with Gasteiger partial charge in [-0.25, -0.2) is 0 Å². The Labute approximate surface area is 168 Å². The van der Waals surface area contributed by atoms with Crippen LogP contribution in [0, 0.1) is 0 Å². The lowest BCUT2D eigenvalue weighted by molar-refractivity contribution is 0.0747. The number of aromatic nitrogens is 1. The first-order valence-electron chi connectivity index (χ1n) is 9.04.